The van der Waals surface area contributed by atoms with Gasteiger partial charge in [0.1, 0.15) is 0 Å². The summed E-state index contributed by atoms with van der Waals surface area (Å²) in [6.45, 7) is 3.70. The summed E-state index contributed by atoms with van der Waals surface area (Å²) in [6.07, 6.45) is 1.91. The average molecular weight is 388 g/mol. The number of nitrogens with one attached hydrogen (secondary N) is 1. The molecule has 7 nitrogen and oxygen atoms in total. The van der Waals surface area contributed by atoms with Gasteiger partial charge in [0.15, 0.2) is 0 Å². The van der Waals surface area contributed by atoms with Crippen LogP contribution in [0.25, 0.3) is 0 Å². The molecule has 1 amide bonds. The minimum absolute atomic E-state index is 0.00537. The van der Waals surface area contributed by atoms with Gasteiger partial charge in [-0.05, 0) is 24.3 Å². The molecule has 2 fully saturated rings. The van der Waals surface area contributed by atoms with Gasteiger partial charge in [0, 0.05) is 45.9 Å². The number of nitrogens with zero attached hydrogens (tertiary/aromatic N) is 2. The van der Waals surface area contributed by atoms with Gasteiger partial charge in [-0.3, -0.25) is 4.79 Å². The van der Waals surface area contributed by atoms with E-state index in [1.807, 2.05) is 11.4 Å². The van der Waals surface area contributed by atoms with Gasteiger partial charge in [0.2, 0.25) is 10.0 Å². The molecule has 2 saturated heterocycles. The van der Waals surface area contributed by atoms with Gasteiger partial charge in [-0.1, -0.05) is 6.07 Å². The summed E-state index contributed by atoms with van der Waals surface area (Å²) in [5, 5.41) is 5.01. The van der Waals surface area contributed by atoms with E-state index in [2.05, 4.69) is 5.32 Å². The number of carbonyl (C=O) groups is 1. The van der Waals surface area contributed by atoms with E-state index in [1.54, 1.807) is 11.0 Å². The highest BCUT2D eigenvalue weighted by Crippen LogP contribution is 2.17. The first-order chi connectivity index (χ1) is 12.1. The van der Waals surface area contributed by atoms with Gasteiger partial charge in [-0.25, -0.2) is 8.42 Å². The van der Waals surface area contributed by atoms with E-state index in [0.29, 0.717) is 44.2 Å². The van der Waals surface area contributed by atoms with Crippen LogP contribution in [-0.4, -0.2) is 81.3 Å². The van der Waals surface area contributed by atoms with Crippen molar-refractivity contribution in [1.29, 1.82) is 0 Å². The Hall–Kier alpha value is -1.00. The Bertz CT molecular complexity index is 651. The Labute approximate surface area is 153 Å². The molecule has 1 unspecified atom stereocenters. The third-order valence-electron chi connectivity index (χ3n) is 4.56. The highest BCUT2D eigenvalue weighted by atomic mass is 32.2. The summed E-state index contributed by atoms with van der Waals surface area (Å²) in [4.78, 5) is 15.0. The molecule has 0 bridgehead atoms. The standard InChI is InChI=1S/C16H25N3O4S2/c20-16(15-4-2-11-24-15)18(13-14-3-1-10-23-14)9-12-25(21,22)19-7-5-17-6-8-19/h2,4,11,14,17H,1,3,5-10,12-13H2. The molecule has 2 aliphatic rings. The lowest BCUT2D eigenvalue weighted by Gasteiger charge is -2.29. The maximum atomic E-state index is 12.7. The second-order valence-electron chi connectivity index (χ2n) is 6.33. The number of piperazine rings is 1. The second-order valence-corrected chi connectivity index (χ2v) is 9.36. The van der Waals surface area contributed by atoms with Crippen molar-refractivity contribution in [1.82, 2.24) is 14.5 Å². The minimum atomic E-state index is -3.35. The van der Waals surface area contributed by atoms with E-state index in [4.69, 9.17) is 4.74 Å². The fraction of sp³-hybridized carbons (Fsp3) is 0.688. The smallest absolute Gasteiger partial charge is 0.264 e. The van der Waals surface area contributed by atoms with E-state index in [0.717, 1.165) is 12.8 Å². The number of ether oxygens (including phenoxy) is 1. The molecule has 1 aromatic rings. The molecule has 0 radical (unpaired) electrons. The summed E-state index contributed by atoms with van der Waals surface area (Å²) in [7, 11) is -3.35. The fourth-order valence-corrected chi connectivity index (χ4v) is 5.28. The van der Waals surface area contributed by atoms with Crippen LogP contribution in [0.4, 0.5) is 0 Å². The topological polar surface area (TPSA) is 79.0 Å². The fourth-order valence-electron chi connectivity index (χ4n) is 3.14. The first-order valence-corrected chi connectivity index (χ1v) is 11.2. The van der Waals surface area contributed by atoms with Crippen LogP contribution in [0.5, 0.6) is 0 Å². The van der Waals surface area contributed by atoms with Gasteiger partial charge >= 0.3 is 0 Å². The van der Waals surface area contributed by atoms with Crippen LogP contribution < -0.4 is 5.32 Å². The van der Waals surface area contributed by atoms with Crippen molar-refractivity contribution in [3.63, 3.8) is 0 Å². The summed E-state index contributed by atoms with van der Waals surface area (Å²) in [6, 6.07) is 3.61. The predicted octanol–water partition coefficient (Wildman–Crippen LogP) is 0.604. The summed E-state index contributed by atoms with van der Waals surface area (Å²) >= 11 is 1.38. The van der Waals surface area contributed by atoms with Crippen molar-refractivity contribution < 1.29 is 17.9 Å². The van der Waals surface area contributed by atoms with Crippen LogP contribution in [0.1, 0.15) is 22.5 Å². The molecular formula is C16H25N3O4S2. The third-order valence-corrected chi connectivity index (χ3v) is 7.26. The number of hydrogen-bond acceptors (Lipinski definition) is 6. The number of amides is 1. The largest absolute Gasteiger partial charge is 0.376 e. The maximum Gasteiger partial charge on any atom is 0.264 e. The van der Waals surface area contributed by atoms with Gasteiger partial charge in [-0.2, -0.15) is 4.31 Å². The number of thiophene rings is 1. The highest BCUT2D eigenvalue weighted by molar-refractivity contribution is 7.89. The lowest BCUT2D eigenvalue weighted by molar-refractivity contribution is 0.0544. The van der Waals surface area contributed by atoms with Crippen LogP contribution in [0.2, 0.25) is 0 Å². The molecule has 0 saturated carbocycles. The summed E-state index contributed by atoms with van der Waals surface area (Å²) in [5.74, 6) is -0.155. The quantitative estimate of drug-likeness (QED) is 0.741. The van der Waals surface area contributed by atoms with Crippen molar-refractivity contribution in [3.05, 3.63) is 22.4 Å². The van der Waals surface area contributed by atoms with Gasteiger partial charge in [-0.15, -0.1) is 11.3 Å². The normalized spacial score (nSPS) is 22.2. The minimum Gasteiger partial charge on any atom is -0.376 e. The van der Waals surface area contributed by atoms with Crippen LogP contribution >= 0.6 is 11.3 Å². The van der Waals surface area contributed by atoms with Crippen molar-refractivity contribution in [2.45, 2.75) is 18.9 Å². The Morgan fingerprint density at radius 1 is 1.40 bits per heavy atom. The number of hydrogen-bond donors (Lipinski definition) is 1. The molecular weight excluding hydrogens is 362 g/mol. The molecule has 3 heterocycles. The predicted molar refractivity (Wildman–Crippen MR) is 97.4 cm³/mol. The zero-order valence-corrected chi connectivity index (χ0v) is 15.9. The first-order valence-electron chi connectivity index (χ1n) is 8.69. The van der Waals surface area contributed by atoms with Crippen molar-refractivity contribution in [2.75, 3.05) is 51.6 Å². The van der Waals surface area contributed by atoms with E-state index in [9.17, 15) is 13.2 Å². The molecule has 140 valence electrons. The third kappa shape index (κ3) is 5.01. The van der Waals surface area contributed by atoms with Crippen molar-refractivity contribution >= 4 is 27.3 Å². The molecule has 0 aromatic carbocycles. The Morgan fingerprint density at radius 2 is 2.20 bits per heavy atom. The molecule has 0 spiro atoms. The second kappa shape index (κ2) is 8.59. The Kier molecular flexibility index (Phi) is 6.45. The molecule has 3 rings (SSSR count). The maximum absolute atomic E-state index is 12.7. The lowest BCUT2D eigenvalue weighted by Crippen LogP contribution is -2.49. The van der Waals surface area contributed by atoms with Crippen LogP contribution in [0, 0.1) is 0 Å². The van der Waals surface area contributed by atoms with E-state index in [-0.39, 0.29) is 24.3 Å². The lowest BCUT2D eigenvalue weighted by atomic mass is 10.2. The van der Waals surface area contributed by atoms with Gasteiger partial charge < -0.3 is 15.0 Å². The number of sulfonamides is 1. The van der Waals surface area contributed by atoms with Gasteiger partial charge in [0.05, 0.1) is 16.7 Å². The average Bonchev–Trinajstić information content (AvgIpc) is 3.32. The number of rotatable bonds is 7. The Balaban J connectivity index is 1.65. The molecule has 1 atom stereocenters. The Morgan fingerprint density at radius 3 is 2.84 bits per heavy atom. The molecule has 25 heavy (non-hydrogen) atoms. The molecule has 2 aliphatic heterocycles. The van der Waals surface area contributed by atoms with Crippen LogP contribution in [0.3, 0.4) is 0 Å². The van der Waals surface area contributed by atoms with Crippen molar-refractivity contribution in [2.24, 2.45) is 0 Å². The zero-order valence-electron chi connectivity index (χ0n) is 14.2. The molecule has 1 aromatic heterocycles. The van der Waals surface area contributed by atoms with E-state index in [1.165, 1.54) is 15.6 Å². The van der Waals surface area contributed by atoms with Crippen molar-refractivity contribution in [3.8, 4) is 0 Å². The zero-order chi connectivity index (χ0) is 17.7. The van der Waals surface area contributed by atoms with Crippen LogP contribution in [-0.2, 0) is 14.8 Å². The molecule has 1 N–H and O–H groups in total. The summed E-state index contributed by atoms with van der Waals surface area (Å²) < 4.78 is 32.3. The van der Waals surface area contributed by atoms with Crippen LogP contribution in [0.15, 0.2) is 17.5 Å². The molecule has 9 heteroatoms. The number of carbonyl (C=O) groups excluding carboxylic acids is 1. The highest BCUT2D eigenvalue weighted by Gasteiger charge is 2.28. The SMILES string of the molecule is O=C(c1cccs1)N(CCS(=O)(=O)N1CCNCC1)CC1CCCO1. The van der Waals surface area contributed by atoms with E-state index >= 15 is 0 Å². The monoisotopic (exact) mass is 387 g/mol. The van der Waals surface area contributed by atoms with Gasteiger partial charge in [0.25, 0.3) is 5.91 Å². The molecule has 0 aliphatic carbocycles. The summed E-state index contributed by atoms with van der Waals surface area (Å²) in [5.41, 5.74) is 0. The first kappa shape index (κ1) is 18.8. The van der Waals surface area contributed by atoms with E-state index < -0.39 is 10.0 Å².